The van der Waals surface area contributed by atoms with Crippen molar-refractivity contribution < 1.29 is 22.4 Å². The van der Waals surface area contributed by atoms with Crippen molar-refractivity contribution in [1.29, 1.82) is 0 Å². The van der Waals surface area contributed by atoms with Crippen molar-refractivity contribution in [2.75, 3.05) is 0 Å². The lowest BCUT2D eigenvalue weighted by Gasteiger charge is -2.09. The van der Waals surface area contributed by atoms with Gasteiger partial charge in [0, 0.05) is 16.7 Å². The molecule has 0 unspecified atom stereocenters. The summed E-state index contributed by atoms with van der Waals surface area (Å²) in [4.78, 5) is 16.4. The average Bonchev–Trinajstić information content (AvgIpc) is 3.30. The highest BCUT2D eigenvalue weighted by atomic mass is 35.5. The fourth-order valence-electron chi connectivity index (χ4n) is 2.79. The Hall–Kier alpha value is -2.68. The summed E-state index contributed by atoms with van der Waals surface area (Å²) < 4.78 is 45.2. The highest BCUT2D eigenvalue weighted by Gasteiger charge is 2.34. The van der Waals surface area contributed by atoms with Gasteiger partial charge in [-0.25, -0.2) is 4.99 Å². The number of carbonyl (C=O) groups is 1. The lowest BCUT2D eigenvalue weighted by molar-refractivity contribution is -0.137. The molecule has 1 N–H and O–H groups in total. The number of hydrogen-bond donors (Lipinski definition) is 1. The first-order chi connectivity index (χ1) is 14.7. The largest absolute Gasteiger partial charge is 0.457 e. The molecule has 4 nitrogen and oxygen atoms in total. The molecule has 1 amide bonds. The van der Waals surface area contributed by atoms with Gasteiger partial charge in [0.2, 0.25) is 0 Å². The maximum Gasteiger partial charge on any atom is 0.418 e. The highest BCUT2D eigenvalue weighted by Crippen LogP contribution is 2.38. The SMILES string of the molecule is O=C1NC(=Nc2ccccc2C(F)(F)F)SC1=Cc1ccc(-c2cc(Cl)ccc2Cl)o1. The second kappa shape index (κ2) is 8.45. The minimum absolute atomic E-state index is 0.0395. The smallest absolute Gasteiger partial charge is 0.418 e. The summed E-state index contributed by atoms with van der Waals surface area (Å²) in [6, 6.07) is 13.1. The molecule has 31 heavy (non-hydrogen) atoms. The Morgan fingerprint density at radius 1 is 1.06 bits per heavy atom. The van der Waals surface area contributed by atoms with E-state index in [-0.39, 0.29) is 15.8 Å². The Balaban J connectivity index is 1.59. The monoisotopic (exact) mass is 482 g/mol. The number of amidine groups is 1. The van der Waals surface area contributed by atoms with Crippen LogP contribution in [0, 0.1) is 0 Å². The molecule has 10 heteroatoms. The Morgan fingerprint density at radius 2 is 1.84 bits per heavy atom. The van der Waals surface area contributed by atoms with Crippen molar-refractivity contribution in [3.8, 4) is 11.3 Å². The number of rotatable bonds is 3. The third-order valence-corrected chi connectivity index (χ3v) is 5.65. The Kier molecular flexibility index (Phi) is 5.88. The maximum atomic E-state index is 13.2. The van der Waals surface area contributed by atoms with Gasteiger partial charge >= 0.3 is 6.18 Å². The number of nitrogens with one attached hydrogen (secondary N) is 1. The minimum atomic E-state index is -4.56. The van der Waals surface area contributed by atoms with Gasteiger partial charge < -0.3 is 9.73 Å². The van der Waals surface area contributed by atoms with E-state index >= 15 is 0 Å². The van der Waals surface area contributed by atoms with Crippen LogP contribution in [0.3, 0.4) is 0 Å². The van der Waals surface area contributed by atoms with Crippen molar-refractivity contribution in [3.63, 3.8) is 0 Å². The number of nitrogens with zero attached hydrogens (tertiary/aromatic N) is 1. The van der Waals surface area contributed by atoms with Gasteiger partial charge in [0.05, 0.1) is 21.2 Å². The topological polar surface area (TPSA) is 54.6 Å². The molecule has 1 aliphatic heterocycles. The van der Waals surface area contributed by atoms with Crippen LogP contribution in [0.5, 0.6) is 0 Å². The van der Waals surface area contributed by atoms with Gasteiger partial charge in [-0.1, -0.05) is 35.3 Å². The van der Waals surface area contributed by atoms with E-state index in [0.29, 0.717) is 27.1 Å². The summed E-state index contributed by atoms with van der Waals surface area (Å²) in [5, 5.41) is 3.44. The fraction of sp³-hybridized carbons (Fsp3) is 0.0476. The second-order valence-electron chi connectivity index (χ2n) is 6.32. The molecule has 1 aliphatic rings. The zero-order chi connectivity index (χ0) is 22.2. The molecule has 2 heterocycles. The van der Waals surface area contributed by atoms with Crippen LogP contribution in [0.25, 0.3) is 17.4 Å². The zero-order valence-corrected chi connectivity index (χ0v) is 17.7. The van der Waals surface area contributed by atoms with Gasteiger partial charge in [0.15, 0.2) is 5.17 Å². The molecular weight excluding hydrogens is 472 g/mol. The van der Waals surface area contributed by atoms with Gasteiger partial charge in [-0.2, -0.15) is 13.2 Å². The molecule has 3 aromatic rings. The molecule has 0 aliphatic carbocycles. The van der Waals surface area contributed by atoms with E-state index in [4.69, 9.17) is 27.6 Å². The number of alkyl halides is 3. The van der Waals surface area contributed by atoms with Gasteiger partial charge in [-0.3, -0.25) is 4.79 Å². The van der Waals surface area contributed by atoms with Crippen LogP contribution < -0.4 is 5.32 Å². The molecule has 1 saturated heterocycles. The van der Waals surface area contributed by atoms with E-state index in [0.717, 1.165) is 17.8 Å². The summed E-state index contributed by atoms with van der Waals surface area (Å²) in [6.45, 7) is 0. The number of carbonyl (C=O) groups excluding carboxylic acids is 1. The molecule has 0 saturated carbocycles. The van der Waals surface area contributed by atoms with Gasteiger partial charge in [-0.15, -0.1) is 0 Å². The number of hydrogen-bond acceptors (Lipinski definition) is 4. The predicted octanol–water partition coefficient (Wildman–Crippen LogP) is 7.16. The molecule has 1 aromatic heterocycles. The molecular formula is C21H11Cl2F3N2O2S. The van der Waals surface area contributed by atoms with E-state index in [1.54, 1.807) is 30.3 Å². The lowest BCUT2D eigenvalue weighted by Crippen LogP contribution is -2.19. The van der Waals surface area contributed by atoms with Crippen LogP contribution in [0.1, 0.15) is 11.3 Å². The van der Waals surface area contributed by atoms with Crippen molar-refractivity contribution in [3.05, 3.63) is 80.9 Å². The second-order valence-corrected chi connectivity index (χ2v) is 8.20. The van der Waals surface area contributed by atoms with Crippen molar-refractivity contribution in [1.82, 2.24) is 5.32 Å². The summed E-state index contributed by atoms with van der Waals surface area (Å²) in [6.07, 6.45) is -3.08. The molecule has 1 fully saturated rings. The summed E-state index contributed by atoms with van der Waals surface area (Å²) in [5.74, 6) is 0.323. The Bertz CT molecular complexity index is 1240. The fourth-order valence-corrected chi connectivity index (χ4v) is 3.99. The number of amides is 1. The van der Waals surface area contributed by atoms with Gasteiger partial charge in [0.1, 0.15) is 11.5 Å². The number of thioether (sulfide) groups is 1. The van der Waals surface area contributed by atoms with Crippen LogP contribution in [-0.2, 0) is 11.0 Å². The first kappa shape index (κ1) is 21.5. The standard InChI is InChI=1S/C21H11Cl2F3N2O2S/c22-11-5-7-15(23)13(9-11)17-8-6-12(30-17)10-18-19(29)28-20(31-18)27-16-4-2-1-3-14(16)21(24,25)26/h1-10H,(H,27,28,29). The number of halogens is 5. The normalized spacial score (nSPS) is 16.9. The highest BCUT2D eigenvalue weighted by molar-refractivity contribution is 8.18. The van der Waals surface area contributed by atoms with Crippen molar-refractivity contribution in [2.45, 2.75) is 6.18 Å². The van der Waals surface area contributed by atoms with Crippen LogP contribution in [0.4, 0.5) is 18.9 Å². The first-order valence-electron chi connectivity index (χ1n) is 8.72. The van der Waals surface area contributed by atoms with Crippen LogP contribution >= 0.6 is 35.0 Å². The van der Waals surface area contributed by atoms with E-state index in [1.165, 1.54) is 24.3 Å². The average molecular weight is 483 g/mol. The number of aliphatic imine (C=N–C) groups is 1. The summed E-state index contributed by atoms with van der Waals surface area (Å²) in [5.41, 5.74) is -0.577. The number of para-hydroxylation sites is 1. The summed E-state index contributed by atoms with van der Waals surface area (Å²) >= 11 is 13.1. The third-order valence-electron chi connectivity index (χ3n) is 4.18. The van der Waals surface area contributed by atoms with Crippen LogP contribution in [-0.4, -0.2) is 11.1 Å². The summed E-state index contributed by atoms with van der Waals surface area (Å²) in [7, 11) is 0. The molecule has 0 radical (unpaired) electrons. The van der Waals surface area contributed by atoms with Crippen LogP contribution in [0.2, 0.25) is 10.0 Å². The molecule has 2 aromatic carbocycles. The molecule has 4 rings (SSSR count). The molecule has 0 spiro atoms. The van der Waals surface area contributed by atoms with E-state index in [2.05, 4.69) is 10.3 Å². The first-order valence-corrected chi connectivity index (χ1v) is 10.3. The van der Waals surface area contributed by atoms with Gasteiger partial charge in [0.25, 0.3) is 5.91 Å². The molecule has 158 valence electrons. The quantitative estimate of drug-likeness (QED) is 0.402. The van der Waals surface area contributed by atoms with Crippen LogP contribution in [0.15, 0.2) is 68.9 Å². The number of benzene rings is 2. The van der Waals surface area contributed by atoms with E-state index < -0.39 is 17.6 Å². The maximum absolute atomic E-state index is 13.2. The molecule has 0 atom stereocenters. The van der Waals surface area contributed by atoms with Gasteiger partial charge in [-0.05, 0) is 54.2 Å². The van der Waals surface area contributed by atoms with Crippen molar-refractivity contribution >= 4 is 57.8 Å². The van der Waals surface area contributed by atoms with E-state index in [1.807, 2.05) is 0 Å². The zero-order valence-electron chi connectivity index (χ0n) is 15.3. The van der Waals surface area contributed by atoms with Crippen molar-refractivity contribution in [2.24, 2.45) is 4.99 Å². The van der Waals surface area contributed by atoms with E-state index in [9.17, 15) is 18.0 Å². The number of furan rings is 1. The lowest BCUT2D eigenvalue weighted by atomic mass is 10.2. The Labute approximate surface area is 188 Å². The predicted molar refractivity (Wildman–Crippen MR) is 116 cm³/mol. The molecule has 0 bridgehead atoms. The Morgan fingerprint density at radius 3 is 2.61 bits per heavy atom. The minimum Gasteiger partial charge on any atom is -0.457 e. The third kappa shape index (κ3) is 4.81.